The fraction of sp³-hybridized carbons (Fsp3) is 0.455. The van der Waals surface area contributed by atoms with Crippen LogP contribution in [0, 0.1) is 0 Å². The van der Waals surface area contributed by atoms with Gasteiger partial charge in [-0.3, -0.25) is 31.3 Å². The predicted octanol–water partition coefficient (Wildman–Crippen LogP) is 2.31. The Hall–Kier alpha value is -1.80. The number of hydrogen-bond donors (Lipinski definition) is 3. The number of nitrogens with one attached hydrogen (secondary N) is 3. The van der Waals surface area contributed by atoms with Crippen molar-refractivity contribution in [2.75, 3.05) is 63.4 Å². The van der Waals surface area contributed by atoms with Gasteiger partial charge >= 0.3 is 0 Å². The number of nitrogens with zero attached hydrogens (tertiary/aromatic N) is 3. The van der Waals surface area contributed by atoms with Crippen LogP contribution in [0.3, 0.4) is 0 Å². The third-order valence-corrected chi connectivity index (χ3v) is 4.05. The van der Waals surface area contributed by atoms with Crippen molar-refractivity contribution >= 4 is 0 Å². The number of hydrazine groups is 3. The molecule has 0 aliphatic heterocycles. The molecule has 0 amide bonds. The van der Waals surface area contributed by atoms with Gasteiger partial charge in [-0.2, -0.15) is 0 Å². The molecule has 0 aromatic heterocycles. The molecule has 158 valence electrons. The van der Waals surface area contributed by atoms with Gasteiger partial charge in [-0.25, -0.2) is 0 Å². The van der Waals surface area contributed by atoms with Crippen molar-refractivity contribution in [2.24, 2.45) is 0 Å². The SMILES string of the molecule is CNN(C)C.CNN(C)C.CNN(C)C.c1ccc2c(c1)Cc1ccccc1-2. The molecule has 0 heterocycles. The van der Waals surface area contributed by atoms with Crippen LogP contribution in [0.1, 0.15) is 11.1 Å². The third-order valence-electron chi connectivity index (χ3n) is 4.05. The van der Waals surface area contributed by atoms with Crippen LogP contribution in [-0.4, -0.2) is 78.5 Å². The van der Waals surface area contributed by atoms with E-state index in [2.05, 4.69) is 64.8 Å². The van der Waals surface area contributed by atoms with E-state index >= 15 is 0 Å². The topological polar surface area (TPSA) is 45.8 Å². The fourth-order valence-electron chi connectivity index (χ4n) is 2.08. The van der Waals surface area contributed by atoms with Crippen LogP contribution in [0.5, 0.6) is 0 Å². The summed E-state index contributed by atoms with van der Waals surface area (Å²) in [4.78, 5) is 0. The fourth-order valence-corrected chi connectivity index (χ4v) is 2.08. The van der Waals surface area contributed by atoms with Crippen molar-refractivity contribution in [3.05, 3.63) is 59.7 Å². The van der Waals surface area contributed by atoms with E-state index in [4.69, 9.17) is 0 Å². The molecule has 0 spiro atoms. The van der Waals surface area contributed by atoms with Gasteiger partial charge in [0.05, 0.1) is 0 Å². The number of rotatable bonds is 3. The van der Waals surface area contributed by atoms with Crippen LogP contribution in [-0.2, 0) is 6.42 Å². The summed E-state index contributed by atoms with van der Waals surface area (Å²) in [6, 6.07) is 17.3. The van der Waals surface area contributed by atoms with Crippen LogP contribution >= 0.6 is 0 Å². The van der Waals surface area contributed by atoms with Crippen LogP contribution in [0.2, 0.25) is 0 Å². The Balaban J connectivity index is 0.000000411. The average molecular weight is 389 g/mol. The molecule has 0 radical (unpaired) electrons. The summed E-state index contributed by atoms with van der Waals surface area (Å²) in [5, 5.41) is 5.62. The second-order valence-corrected chi connectivity index (χ2v) is 6.85. The second-order valence-electron chi connectivity index (χ2n) is 6.85. The van der Waals surface area contributed by atoms with Crippen molar-refractivity contribution in [2.45, 2.75) is 6.42 Å². The van der Waals surface area contributed by atoms with E-state index in [9.17, 15) is 0 Å². The Kier molecular flexibility index (Phi) is 14.2. The molecular weight excluding hydrogens is 348 g/mol. The van der Waals surface area contributed by atoms with Crippen LogP contribution in [0.25, 0.3) is 11.1 Å². The molecule has 1 aliphatic rings. The van der Waals surface area contributed by atoms with E-state index in [1.807, 2.05) is 78.5 Å². The maximum absolute atomic E-state index is 2.86. The van der Waals surface area contributed by atoms with Gasteiger partial charge in [0, 0.05) is 42.3 Å². The standard InChI is InChI=1S/C13H10.3C3H10N2/c1-3-7-12-10(5-1)9-11-6-2-4-8-13(11)12;3*1-4-5(2)3/h1-8H,9H2;3*4H,1-3H3. The molecule has 6 heteroatoms. The van der Waals surface area contributed by atoms with Crippen molar-refractivity contribution < 1.29 is 0 Å². The number of benzene rings is 2. The lowest BCUT2D eigenvalue weighted by Gasteiger charge is -2.02. The number of fused-ring (bicyclic) bond motifs is 3. The molecule has 0 saturated heterocycles. The summed E-state index contributed by atoms with van der Waals surface area (Å²) >= 11 is 0. The molecule has 0 saturated carbocycles. The number of hydrogen-bond acceptors (Lipinski definition) is 6. The average Bonchev–Trinajstić information content (AvgIpc) is 3.08. The zero-order chi connectivity index (χ0) is 21.5. The molecular formula is C22H40N6. The van der Waals surface area contributed by atoms with Gasteiger partial charge in [-0.05, 0) is 49.8 Å². The summed E-state index contributed by atoms with van der Waals surface area (Å²) in [6.45, 7) is 0. The summed E-state index contributed by atoms with van der Waals surface area (Å²) < 4.78 is 0. The molecule has 0 atom stereocenters. The highest BCUT2D eigenvalue weighted by molar-refractivity contribution is 5.76. The Labute approximate surface area is 172 Å². The van der Waals surface area contributed by atoms with Gasteiger partial charge in [0.2, 0.25) is 0 Å². The van der Waals surface area contributed by atoms with Crippen molar-refractivity contribution in [3.8, 4) is 11.1 Å². The first-order valence-electron chi connectivity index (χ1n) is 9.47. The first-order chi connectivity index (χ1) is 13.3. The molecule has 2 aromatic carbocycles. The Morgan fingerprint density at radius 1 is 0.536 bits per heavy atom. The molecule has 3 N–H and O–H groups in total. The normalized spacial score (nSPS) is 10.9. The zero-order valence-corrected chi connectivity index (χ0v) is 19.2. The molecule has 1 aliphatic carbocycles. The molecule has 3 rings (SSSR count). The van der Waals surface area contributed by atoms with Crippen LogP contribution in [0.15, 0.2) is 48.5 Å². The van der Waals surface area contributed by atoms with E-state index < -0.39 is 0 Å². The molecule has 0 unspecified atom stereocenters. The molecule has 0 fully saturated rings. The molecule has 0 bridgehead atoms. The predicted molar refractivity (Wildman–Crippen MR) is 123 cm³/mol. The lowest BCUT2D eigenvalue weighted by Crippen LogP contribution is -2.25. The maximum Gasteiger partial charge on any atom is 0.00128 e. The maximum atomic E-state index is 2.86. The van der Waals surface area contributed by atoms with Crippen molar-refractivity contribution in [3.63, 3.8) is 0 Å². The second kappa shape index (κ2) is 15.2. The summed E-state index contributed by atoms with van der Waals surface area (Å²) in [5.74, 6) is 0. The summed E-state index contributed by atoms with van der Waals surface area (Å²) in [5.41, 5.74) is 14.3. The van der Waals surface area contributed by atoms with Crippen LogP contribution < -0.4 is 16.3 Å². The Morgan fingerprint density at radius 3 is 1.04 bits per heavy atom. The first kappa shape index (κ1) is 26.2. The Morgan fingerprint density at radius 2 is 0.786 bits per heavy atom. The Bertz CT molecular complexity index is 578. The van der Waals surface area contributed by atoms with E-state index in [-0.39, 0.29) is 0 Å². The first-order valence-corrected chi connectivity index (χ1v) is 9.47. The van der Waals surface area contributed by atoms with E-state index in [0.717, 1.165) is 6.42 Å². The minimum absolute atomic E-state index is 1.10. The van der Waals surface area contributed by atoms with Crippen LogP contribution in [0.4, 0.5) is 0 Å². The lowest BCUT2D eigenvalue weighted by atomic mass is 10.1. The van der Waals surface area contributed by atoms with Crippen molar-refractivity contribution in [1.82, 2.24) is 31.3 Å². The van der Waals surface area contributed by atoms with E-state index in [1.165, 1.54) is 22.3 Å². The summed E-state index contributed by atoms with van der Waals surface area (Å²) in [6.07, 6.45) is 1.10. The quantitative estimate of drug-likeness (QED) is 0.599. The van der Waals surface area contributed by atoms with Gasteiger partial charge in [0.15, 0.2) is 0 Å². The minimum Gasteiger partial charge on any atom is -0.259 e. The molecule has 28 heavy (non-hydrogen) atoms. The van der Waals surface area contributed by atoms with E-state index in [0.29, 0.717) is 0 Å². The highest BCUT2D eigenvalue weighted by Gasteiger charge is 2.15. The van der Waals surface area contributed by atoms with Gasteiger partial charge < -0.3 is 0 Å². The van der Waals surface area contributed by atoms with Crippen molar-refractivity contribution in [1.29, 1.82) is 0 Å². The highest BCUT2D eigenvalue weighted by atomic mass is 15.5. The van der Waals surface area contributed by atoms with Gasteiger partial charge in [0.25, 0.3) is 0 Å². The van der Waals surface area contributed by atoms with Gasteiger partial charge in [-0.1, -0.05) is 48.5 Å². The van der Waals surface area contributed by atoms with Gasteiger partial charge in [0.1, 0.15) is 0 Å². The third kappa shape index (κ3) is 11.1. The monoisotopic (exact) mass is 388 g/mol. The van der Waals surface area contributed by atoms with E-state index in [1.54, 1.807) is 0 Å². The molecule has 2 aromatic rings. The van der Waals surface area contributed by atoms with Gasteiger partial charge in [-0.15, -0.1) is 0 Å². The zero-order valence-electron chi connectivity index (χ0n) is 19.2. The lowest BCUT2D eigenvalue weighted by molar-refractivity contribution is 0.323. The smallest absolute Gasteiger partial charge is 0.00128 e. The summed E-state index contributed by atoms with van der Waals surface area (Å²) in [7, 11) is 17.3. The largest absolute Gasteiger partial charge is 0.259 e. The minimum atomic E-state index is 1.10. The molecule has 6 nitrogen and oxygen atoms in total. The highest BCUT2D eigenvalue weighted by Crippen LogP contribution is 2.35.